The molecule has 0 unspecified atom stereocenters. The van der Waals surface area contributed by atoms with Crippen molar-refractivity contribution in [3.63, 3.8) is 0 Å². The van der Waals surface area contributed by atoms with Gasteiger partial charge in [0.25, 0.3) is 0 Å². The first-order chi connectivity index (χ1) is 6.69. The molecule has 0 heterocycles. The Hall–Kier alpha value is -0.730. The van der Waals surface area contributed by atoms with Gasteiger partial charge < -0.3 is 10.5 Å². The fourth-order valence-electron chi connectivity index (χ4n) is 0.914. The summed E-state index contributed by atoms with van der Waals surface area (Å²) >= 11 is 0. The average Bonchev–Trinajstić information content (AvgIpc) is 1.96. The van der Waals surface area contributed by atoms with Crippen molar-refractivity contribution >= 4 is 6.09 Å². The molecule has 3 heteroatoms. The summed E-state index contributed by atoms with van der Waals surface area (Å²) in [6, 6.07) is 0. The molecule has 2 N–H and O–H groups in total. The number of hydrogen-bond donors (Lipinski definition) is 1. The van der Waals surface area contributed by atoms with Crippen molar-refractivity contribution in [3.05, 3.63) is 0 Å². The molecule has 0 radical (unpaired) electrons. The van der Waals surface area contributed by atoms with E-state index in [1.165, 1.54) is 19.3 Å². The molecule has 0 rings (SSSR count). The molecule has 0 aliphatic carbocycles. The van der Waals surface area contributed by atoms with Gasteiger partial charge in [0, 0.05) is 0 Å². The van der Waals surface area contributed by atoms with Crippen LogP contribution >= 0.6 is 0 Å². The second-order valence-corrected chi connectivity index (χ2v) is 5.07. The first kappa shape index (κ1) is 16.7. The second-order valence-electron chi connectivity index (χ2n) is 5.07. The number of amides is 1. The highest BCUT2D eigenvalue weighted by molar-refractivity contribution is 5.65. The Bertz CT molecular complexity index is 159. The number of nitrogens with two attached hydrogens (primary N) is 1. The summed E-state index contributed by atoms with van der Waals surface area (Å²) in [5, 5.41) is 0. The highest BCUT2D eigenvalue weighted by Gasteiger charge is 2.12. The van der Waals surface area contributed by atoms with E-state index in [4.69, 9.17) is 5.73 Å². The van der Waals surface area contributed by atoms with Crippen molar-refractivity contribution in [2.45, 2.75) is 66.4 Å². The maximum Gasteiger partial charge on any atom is 0.405 e. The Morgan fingerprint density at radius 2 is 1.80 bits per heavy atom. The van der Waals surface area contributed by atoms with E-state index in [-0.39, 0.29) is 0 Å². The van der Waals surface area contributed by atoms with Crippen molar-refractivity contribution in [2.75, 3.05) is 0 Å². The van der Waals surface area contributed by atoms with Crippen LogP contribution in [0.1, 0.15) is 60.8 Å². The van der Waals surface area contributed by atoms with Crippen LogP contribution < -0.4 is 5.73 Å². The van der Waals surface area contributed by atoms with E-state index < -0.39 is 11.7 Å². The molecular formula is C12H27NO2. The van der Waals surface area contributed by atoms with Crippen molar-refractivity contribution in [2.24, 2.45) is 11.7 Å². The smallest absolute Gasteiger partial charge is 0.405 e. The summed E-state index contributed by atoms with van der Waals surface area (Å²) < 4.78 is 4.58. The number of unbranched alkanes of at least 4 members (excludes halogenated alkanes) is 1. The largest absolute Gasteiger partial charge is 0.444 e. The van der Waals surface area contributed by atoms with E-state index in [1.54, 1.807) is 20.8 Å². The molecule has 3 nitrogen and oxygen atoms in total. The zero-order chi connectivity index (χ0) is 12.5. The molecule has 0 saturated heterocycles. The Morgan fingerprint density at radius 3 is 1.87 bits per heavy atom. The van der Waals surface area contributed by atoms with Gasteiger partial charge in [-0.3, -0.25) is 0 Å². The lowest BCUT2D eigenvalue weighted by Crippen LogP contribution is -2.27. The minimum Gasteiger partial charge on any atom is -0.444 e. The highest BCUT2D eigenvalue weighted by Crippen LogP contribution is 2.05. The zero-order valence-electron chi connectivity index (χ0n) is 11.1. The van der Waals surface area contributed by atoms with Crippen molar-refractivity contribution < 1.29 is 9.53 Å². The molecule has 0 aromatic rings. The number of hydrogen-bond acceptors (Lipinski definition) is 2. The van der Waals surface area contributed by atoms with Crippen LogP contribution in [0.2, 0.25) is 0 Å². The first-order valence-corrected chi connectivity index (χ1v) is 5.67. The number of primary amides is 1. The molecule has 0 aromatic carbocycles. The SMILES string of the molecule is CC(C)(C)OC(N)=O.CCCCC(C)C. The molecule has 0 saturated carbocycles. The van der Waals surface area contributed by atoms with Gasteiger partial charge in [0.05, 0.1) is 0 Å². The van der Waals surface area contributed by atoms with E-state index >= 15 is 0 Å². The summed E-state index contributed by atoms with van der Waals surface area (Å²) in [4.78, 5) is 10.0. The third kappa shape index (κ3) is 24.6. The number of carbonyl (C=O) groups is 1. The van der Waals surface area contributed by atoms with Crippen molar-refractivity contribution in [1.29, 1.82) is 0 Å². The van der Waals surface area contributed by atoms with Crippen LogP contribution in [0.4, 0.5) is 4.79 Å². The predicted octanol–water partition coefficient (Wildman–Crippen LogP) is 3.71. The third-order valence-corrected chi connectivity index (χ3v) is 1.54. The minimum absolute atomic E-state index is 0.453. The zero-order valence-corrected chi connectivity index (χ0v) is 11.1. The topological polar surface area (TPSA) is 52.3 Å². The van der Waals surface area contributed by atoms with Gasteiger partial charge in [-0.2, -0.15) is 0 Å². The predicted molar refractivity (Wildman–Crippen MR) is 64.8 cm³/mol. The number of carbonyl (C=O) groups excluding carboxylic acids is 1. The quantitative estimate of drug-likeness (QED) is 0.783. The Morgan fingerprint density at radius 1 is 1.33 bits per heavy atom. The van der Waals surface area contributed by atoms with Crippen molar-refractivity contribution in [1.82, 2.24) is 0 Å². The lowest BCUT2D eigenvalue weighted by atomic mass is 10.1. The average molecular weight is 217 g/mol. The number of ether oxygens (including phenoxy) is 1. The van der Waals surface area contributed by atoms with Gasteiger partial charge in [-0.05, 0) is 26.7 Å². The molecule has 0 aromatic heterocycles. The van der Waals surface area contributed by atoms with E-state index in [0.717, 1.165) is 5.92 Å². The normalized spacial score (nSPS) is 10.6. The van der Waals surface area contributed by atoms with Crippen LogP contribution in [0.5, 0.6) is 0 Å². The van der Waals surface area contributed by atoms with Gasteiger partial charge in [0.1, 0.15) is 5.60 Å². The van der Waals surface area contributed by atoms with Crippen LogP contribution in [0.25, 0.3) is 0 Å². The summed E-state index contributed by atoms with van der Waals surface area (Å²) in [6.07, 6.45) is 3.42. The van der Waals surface area contributed by atoms with Gasteiger partial charge in [-0.15, -0.1) is 0 Å². The monoisotopic (exact) mass is 217 g/mol. The fourth-order valence-corrected chi connectivity index (χ4v) is 0.914. The molecule has 15 heavy (non-hydrogen) atoms. The van der Waals surface area contributed by atoms with Crippen LogP contribution in [0.15, 0.2) is 0 Å². The molecule has 0 fully saturated rings. The molecule has 0 spiro atoms. The summed E-state index contributed by atoms with van der Waals surface area (Å²) in [7, 11) is 0. The van der Waals surface area contributed by atoms with E-state index in [2.05, 4.69) is 25.5 Å². The molecule has 0 bridgehead atoms. The Labute approximate surface area is 94.4 Å². The van der Waals surface area contributed by atoms with E-state index in [1.807, 2.05) is 0 Å². The summed E-state index contributed by atoms with van der Waals surface area (Å²) in [5.41, 5.74) is 4.26. The fraction of sp³-hybridized carbons (Fsp3) is 0.917. The Balaban J connectivity index is 0. The second kappa shape index (κ2) is 8.57. The number of rotatable bonds is 3. The van der Waals surface area contributed by atoms with Gasteiger partial charge in [0.15, 0.2) is 0 Å². The third-order valence-electron chi connectivity index (χ3n) is 1.54. The highest BCUT2D eigenvalue weighted by atomic mass is 16.6. The minimum atomic E-state index is -0.725. The first-order valence-electron chi connectivity index (χ1n) is 5.67. The Kier molecular flexibility index (Phi) is 9.53. The van der Waals surface area contributed by atoms with E-state index in [0.29, 0.717) is 0 Å². The molecule has 0 aliphatic heterocycles. The summed E-state index contributed by atoms with van der Waals surface area (Å²) in [5.74, 6) is 0.903. The van der Waals surface area contributed by atoms with Gasteiger partial charge in [-0.25, -0.2) is 4.79 Å². The molecule has 0 aliphatic rings. The standard InChI is InChI=1S/C7H16.C5H11NO2/c1-4-5-6-7(2)3;1-5(2,3)8-4(6)7/h7H,4-6H2,1-3H3;1-3H3,(H2,6,7). The van der Waals surface area contributed by atoms with Crippen LogP contribution in [-0.2, 0) is 4.74 Å². The van der Waals surface area contributed by atoms with Gasteiger partial charge in [0.2, 0.25) is 0 Å². The lowest BCUT2D eigenvalue weighted by molar-refractivity contribution is 0.0600. The molecule has 92 valence electrons. The van der Waals surface area contributed by atoms with Crippen LogP contribution in [0, 0.1) is 5.92 Å². The van der Waals surface area contributed by atoms with Crippen LogP contribution in [0.3, 0.4) is 0 Å². The van der Waals surface area contributed by atoms with E-state index in [9.17, 15) is 4.79 Å². The molecule has 0 atom stereocenters. The van der Waals surface area contributed by atoms with Crippen molar-refractivity contribution in [3.8, 4) is 0 Å². The maximum absolute atomic E-state index is 10.0. The molecule has 1 amide bonds. The summed E-state index contributed by atoms with van der Waals surface area (Å²) in [6.45, 7) is 12.1. The lowest BCUT2D eigenvalue weighted by Gasteiger charge is -2.16. The molecular weight excluding hydrogens is 190 g/mol. The maximum atomic E-state index is 10.0. The van der Waals surface area contributed by atoms with Crippen LogP contribution in [-0.4, -0.2) is 11.7 Å². The van der Waals surface area contributed by atoms with Gasteiger partial charge >= 0.3 is 6.09 Å². The van der Waals surface area contributed by atoms with Gasteiger partial charge in [-0.1, -0.05) is 40.0 Å².